The van der Waals surface area contributed by atoms with Crippen molar-refractivity contribution in [2.75, 3.05) is 156 Å². The number of hydrogen-bond acceptors (Lipinski definition) is 25. The summed E-state index contributed by atoms with van der Waals surface area (Å²) in [4.78, 5) is 48.3. The van der Waals surface area contributed by atoms with Crippen molar-refractivity contribution < 1.29 is 51.5 Å². The number of H-pyrrole nitrogens is 1. The molecule has 3 aromatic carbocycles. The molecule has 0 aliphatic carbocycles. The summed E-state index contributed by atoms with van der Waals surface area (Å²) in [5.41, 5.74) is 4.34. The summed E-state index contributed by atoms with van der Waals surface area (Å²) in [6.45, 7) is 22.5. The molecule has 0 amide bonds. The molecule has 0 atom stereocenters. The van der Waals surface area contributed by atoms with E-state index < -0.39 is 0 Å². The quantitative estimate of drug-likeness (QED) is 0.0348. The van der Waals surface area contributed by atoms with Crippen LogP contribution >= 0.6 is 0 Å². The Morgan fingerprint density at radius 2 is 0.833 bits per heavy atom. The first-order chi connectivity index (χ1) is 50.1. The summed E-state index contributed by atoms with van der Waals surface area (Å²) in [5, 5.41) is 13.5. The van der Waals surface area contributed by atoms with Gasteiger partial charge in [0.05, 0.1) is 75.8 Å². The average molecular weight is 1400 g/mol. The van der Waals surface area contributed by atoms with Gasteiger partial charge in [-0.1, -0.05) is 0 Å². The molecule has 26 nitrogen and oxygen atoms in total. The van der Waals surface area contributed by atoms with Gasteiger partial charge >= 0.3 is 0 Å². The molecule has 546 valence electrons. The standard InChI is InChI=1S/C26H35N5O3.2C25H33N5O4/c1-18-6-7-21(27-18)26-29-22-17-24(34-13-5-12-31-10-3-4-11-31)23(32-2)16-20(22)25(30-26)28-19-8-14-33-15-9-19;1-17-26-16-23(34-17)25-28-20-15-22(33-11-5-10-30-8-3-4-9-30)21(31-2)14-19(20)24(29-25)27-18-6-12-32-13-7-18;1-17-16-26-25(34-17)24-28-20-15-22(33-11-5-10-30-8-3-4-9-30)21(31-2)14-19(20)23(29-24)27-18-6-12-32-13-7-18/h6-7,16-17,19,27H,3-5,8-15H2,1-2H3,(H,28,29,30);2*14-16,18H,3-13H2,1-2H3,(H,27,28,29). The highest BCUT2D eigenvalue weighted by molar-refractivity contribution is 5.95. The number of likely N-dealkylation sites (tertiary alicyclic amines) is 3. The number of fused-ring (bicyclic) bond motifs is 3. The largest absolute Gasteiger partial charge is 0.493 e. The maximum Gasteiger partial charge on any atom is 0.265 e. The first kappa shape index (κ1) is 71.7. The van der Waals surface area contributed by atoms with Crippen molar-refractivity contribution in [1.82, 2.24) is 59.6 Å². The highest BCUT2D eigenvalue weighted by atomic mass is 16.5. The minimum absolute atomic E-state index is 0.276. The molecular formula is C76H101N15O11. The second-order valence-corrected chi connectivity index (χ2v) is 27.2. The molecular weight excluding hydrogens is 1300 g/mol. The van der Waals surface area contributed by atoms with Crippen LogP contribution in [0.5, 0.6) is 34.5 Å². The van der Waals surface area contributed by atoms with Crippen LogP contribution in [0, 0.1) is 20.8 Å². The summed E-state index contributed by atoms with van der Waals surface area (Å²) in [6.07, 6.45) is 19.7. The van der Waals surface area contributed by atoms with Gasteiger partial charge in [-0.05, 0) is 180 Å². The molecule has 6 fully saturated rings. The maximum atomic E-state index is 6.18. The van der Waals surface area contributed by atoms with E-state index in [2.05, 4.69) is 45.6 Å². The van der Waals surface area contributed by atoms with Crippen LogP contribution in [-0.2, 0) is 14.2 Å². The number of ether oxygens (including phenoxy) is 9. The Hall–Kier alpha value is -8.66. The Bertz CT molecular complexity index is 3730. The van der Waals surface area contributed by atoms with Crippen molar-refractivity contribution in [3.05, 3.63) is 78.3 Å². The van der Waals surface area contributed by atoms with Gasteiger partial charge in [-0.25, -0.2) is 39.9 Å². The van der Waals surface area contributed by atoms with Crippen molar-refractivity contribution in [2.24, 2.45) is 0 Å². The van der Waals surface area contributed by atoms with Gasteiger partial charge in [-0.3, -0.25) is 0 Å². The van der Waals surface area contributed by atoms with Crippen LogP contribution in [-0.4, -0.2) is 217 Å². The summed E-state index contributed by atoms with van der Waals surface area (Å²) >= 11 is 0. The van der Waals surface area contributed by atoms with Crippen LogP contribution in [0.25, 0.3) is 67.5 Å². The molecule has 0 radical (unpaired) electrons. The predicted molar refractivity (Wildman–Crippen MR) is 393 cm³/mol. The number of nitrogens with zero attached hydrogens (tertiary/aromatic N) is 11. The lowest BCUT2D eigenvalue weighted by Crippen LogP contribution is -2.28. The second kappa shape index (κ2) is 35.5. The molecule has 9 aromatic rings. The molecule has 6 saturated heterocycles. The zero-order valence-corrected chi connectivity index (χ0v) is 60.3. The highest BCUT2D eigenvalue weighted by Crippen LogP contribution is 2.40. The lowest BCUT2D eigenvalue weighted by molar-refractivity contribution is 0.0903. The Balaban J connectivity index is 0.000000137. The van der Waals surface area contributed by atoms with E-state index in [4.69, 9.17) is 81.4 Å². The number of aromatic nitrogens is 9. The molecule has 0 bridgehead atoms. The molecule has 6 aliphatic heterocycles. The Morgan fingerprint density at radius 3 is 1.20 bits per heavy atom. The van der Waals surface area contributed by atoms with E-state index in [0.29, 0.717) is 89.6 Å². The van der Waals surface area contributed by atoms with Crippen LogP contribution in [0.15, 0.2) is 69.8 Å². The van der Waals surface area contributed by atoms with E-state index in [9.17, 15) is 0 Å². The van der Waals surface area contributed by atoms with Gasteiger partial charge in [-0.15, -0.1) is 0 Å². The number of nitrogens with one attached hydrogen (secondary N) is 4. The van der Waals surface area contributed by atoms with Gasteiger partial charge in [0.2, 0.25) is 5.82 Å². The third kappa shape index (κ3) is 18.9. The molecule has 26 heteroatoms. The molecule has 6 aromatic heterocycles. The fourth-order valence-electron chi connectivity index (χ4n) is 14.0. The van der Waals surface area contributed by atoms with Crippen LogP contribution in [0.2, 0.25) is 0 Å². The van der Waals surface area contributed by atoms with Gasteiger partial charge in [0, 0.05) is 124 Å². The fourth-order valence-corrected chi connectivity index (χ4v) is 14.0. The Kier molecular flexibility index (Phi) is 25.0. The van der Waals surface area contributed by atoms with Crippen LogP contribution in [0.4, 0.5) is 17.5 Å². The molecule has 12 heterocycles. The van der Waals surface area contributed by atoms with Crippen LogP contribution in [0.3, 0.4) is 0 Å². The monoisotopic (exact) mass is 1400 g/mol. The predicted octanol–water partition coefficient (Wildman–Crippen LogP) is 12.5. The van der Waals surface area contributed by atoms with Gasteiger partial charge in [0.1, 0.15) is 23.2 Å². The smallest absolute Gasteiger partial charge is 0.265 e. The average Bonchev–Trinajstić information content (AvgIpc) is 0.902. The lowest BCUT2D eigenvalue weighted by atomic mass is 10.1. The zero-order chi connectivity index (χ0) is 70.0. The number of aromatic amines is 1. The molecule has 6 aliphatic rings. The van der Waals surface area contributed by atoms with Crippen molar-refractivity contribution in [3.8, 4) is 69.3 Å². The Labute approximate surface area is 597 Å². The number of benzene rings is 3. The summed E-state index contributed by atoms with van der Waals surface area (Å²) in [6, 6.07) is 16.7. The third-order valence-electron chi connectivity index (χ3n) is 19.6. The van der Waals surface area contributed by atoms with E-state index in [1.807, 2.05) is 69.3 Å². The maximum absolute atomic E-state index is 6.18. The van der Waals surface area contributed by atoms with E-state index in [-0.39, 0.29) is 12.1 Å². The second-order valence-electron chi connectivity index (χ2n) is 27.2. The molecule has 102 heavy (non-hydrogen) atoms. The summed E-state index contributed by atoms with van der Waals surface area (Å²) in [5.74, 6) is 10.3. The number of aryl methyl sites for hydroxylation is 3. The summed E-state index contributed by atoms with van der Waals surface area (Å²) < 4.78 is 63.5. The Morgan fingerprint density at radius 1 is 0.441 bits per heavy atom. The van der Waals surface area contributed by atoms with E-state index >= 15 is 0 Å². The topological polar surface area (TPSA) is 274 Å². The van der Waals surface area contributed by atoms with Gasteiger partial charge in [0.25, 0.3) is 5.89 Å². The molecule has 0 spiro atoms. The third-order valence-corrected chi connectivity index (χ3v) is 19.6. The lowest BCUT2D eigenvalue weighted by Gasteiger charge is -2.24. The summed E-state index contributed by atoms with van der Waals surface area (Å²) in [7, 11) is 5.01. The first-order valence-electron chi connectivity index (χ1n) is 36.9. The van der Waals surface area contributed by atoms with Gasteiger partial charge in [0.15, 0.2) is 57.8 Å². The van der Waals surface area contributed by atoms with E-state index in [0.717, 1.165) is 190 Å². The van der Waals surface area contributed by atoms with Crippen molar-refractivity contribution in [2.45, 2.75) is 135 Å². The van der Waals surface area contributed by atoms with Gasteiger partial charge in [-0.2, -0.15) is 0 Å². The van der Waals surface area contributed by atoms with Gasteiger partial charge < -0.3 is 87.1 Å². The number of anilines is 3. The number of oxazole rings is 2. The SMILES string of the molecule is COc1cc2c(NC3CCOCC3)nc(-c3ccc(C)[nH]3)nc2cc1OCCCN1CCCC1.COc1cc2c(NC3CCOCC3)nc(-c3cnc(C)o3)nc2cc1OCCCN1CCCC1.COc1cc2c(NC3CCOCC3)nc(-c3ncc(C)o3)nc2cc1OCCCN1CCCC1. The van der Waals surface area contributed by atoms with E-state index in [1.165, 1.54) is 77.8 Å². The molecule has 4 N–H and O–H groups in total. The number of methoxy groups -OCH3 is 3. The van der Waals surface area contributed by atoms with Crippen LogP contribution in [0.1, 0.15) is 114 Å². The van der Waals surface area contributed by atoms with Crippen molar-refractivity contribution >= 4 is 50.2 Å². The fraction of sp³-hybridized carbons (Fsp3) is 0.553. The van der Waals surface area contributed by atoms with Crippen molar-refractivity contribution in [1.29, 1.82) is 0 Å². The number of hydrogen-bond donors (Lipinski definition) is 4. The molecule has 15 rings (SSSR count). The number of rotatable bonds is 27. The normalized spacial score (nSPS) is 17.4. The van der Waals surface area contributed by atoms with Crippen molar-refractivity contribution in [3.63, 3.8) is 0 Å². The zero-order valence-electron chi connectivity index (χ0n) is 60.3. The minimum atomic E-state index is 0.276. The highest BCUT2D eigenvalue weighted by Gasteiger charge is 2.26. The van der Waals surface area contributed by atoms with E-state index in [1.54, 1.807) is 33.7 Å². The first-order valence-corrected chi connectivity index (χ1v) is 36.9. The van der Waals surface area contributed by atoms with Crippen LogP contribution < -0.4 is 44.4 Å². The molecule has 0 saturated carbocycles. The molecule has 0 unspecified atom stereocenters. The minimum Gasteiger partial charge on any atom is -0.493 e.